The summed E-state index contributed by atoms with van der Waals surface area (Å²) in [6.07, 6.45) is 4.08. The lowest BCUT2D eigenvalue weighted by Gasteiger charge is -2.20. The number of thiophene rings is 1. The Bertz CT molecular complexity index is 791. The lowest BCUT2D eigenvalue weighted by molar-refractivity contribution is -0.129. The van der Waals surface area contributed by atoms with Gasteiger partial charge in [0.1, 0.15) is 4.21 Å². The van der Waals surface area contributed by atoms with Gasteiger partial charge in [-0.1, -0.05) is 25.8 Å². The summed E-state index contributed by atoms with van der Waals surface area (Å²) in [5.74, 6) is -0.762. The Kier molecular flexibility index (Phi) is 7.06. The third-order valence-electron chi connectivity index (χ3n) is 3.55. The van der Waals surface area contributed by atoms with Crippen LogP contribution in [0.25, 0.3) is 10.6 Å². The van der Waals surface area contributed by atoms with Crippen molar-refractivity contribution in [3.05, 3.63) is 36.5 Å². The number of aromatic nitrogens is 1. The molecule has 0 saturated carbocycles. The average Bonchev–Trinajstić information content (AvgIpc) is 3.12. The van der Waals surface area contributed by atoms with Gasteiger partial charge < -0.3 is 0 Å². The highest BCUT2D eigenvalue weighted by molar-refractivity contribution is 7.91. The molecule has 2 heterocycles. The van der Waals surface area contributed by atoms with Crippen molar-refractivity contribution < 1.29 is 18.4 Å². The predicted molar refractivity (Wildman–Crippen MR) is 95.8 cm³/mol. The van der Waals surface area contributed by atoms with Crippen LogP contribution >= 0.6 is 11.3 Å². The molecule has 136 valence electrons. The summed E-state index contributed by atoms with van der Waals surface area (Å²) in [6.45, 7) is 1.82. The third-order valence-corrected chi connectivity index (χ3v) is 6.97. The van der Waals surface area contributed by atoms with Crippen molar-refractivity contribution in [2.75, 3.05) is 13.1 Å². The Labute approximate surface area is 151 Å². The molecule has 7 nitrogen and oxygen atoms in total. The molecule has 0 bridgehead atoms. The van der Waals surface area contributed by atoms with Crippen LogP contribution in [0.1, 0.15) is 26.2 Å². The van der Waals surface area contributed by atoms with Gasteiger partial charge in [0.05, 0.1) is 17.1 Å². The Morgan fingerprint density at radius 3 is 2.72 bits per heavy atom. The maximum atomic E-state index is 12.9. The van der Waals surface area contributed by atoms with E-state index in [9.17, 15) is 13.2 Å². The van der Waals surface area contributed by atoms with Crippen molar-refractivity contribution >= 4 is 27.3 Å². The molecule has 0 aliphatic heterocycles. The monoisotopic (exact) mass is 383 g/mol. The zero-order valence-electron chi connectivity index (χ0n) is 13.9. The van der Waals surface area contributed by atoms with Crippen molar-refractivity contribution in [1.82, 2.24) is 14.8 Å². The fourth-order valence-electron chi connectivity index (χ4n) is 2.25. The highest BCUT2D eigenvalue weighted by Gasteiger charge is 2.28. The fourth-order valence-corrected chi connectivity index (χ4v) is 5.12. The third kappa shape index (κ3) is 5.08. The number of carbonyl (C=O) groups is 1. The molecule has 0 radical (unpaired) electrons. The molecule has 0 aliphatic rings. The van der Waals surface area contributed by atoms with Gasteiger partial charge in [-0.3, -0.25) is 15.0 Å². The first kappa shape index (κ1) is 19.5. The molecule has 2 aromatic heterocycles. The number of sulfonamides is 1. The minimum Gasteiger partial charge on any atom is -0.289 e. The van der Waals surface area contributed by atoms with Crippen molar-refractivity contribution in [1.29, 1.82) is 0 Å². The van der Waals surface area contributed by atoms with Gasteiger partial charge in [-0.05, 0) is 30.7 Å². The topological polar surface area (TPSA) is 99.6 Å². The van der Waals surface area contributed by atoms with Gasteiger partial charge in [-0.2, -0.15) is 4.31 Å². The summed E-state index contributed by atoms with van der Waals surface area (Å²) in [6, 6.07) is 8.65. The summed E-state index contributed by atoms with van der Waals surface area (Å²) in [5.41, 5.74) is 2.18. The van der Waals surface area contributed by atoms with E-state index in [-0.39, 0.29) is 10.8 Å². The zero-order chi connectivity index (χ0) is 18.3. The number of hydroxylamine groups is 1. The van der Waals surface area contributed by atoms with E-state index in [1.54, 1.807) is 24.4 Å². The minimum absolute atomic E-state index is 0.149. The van der Waals surface area contributed by atoms with Gasteiger partial charge in [0.2, 0.25) is 0 Å². The van der Waals surface area contributed by atoms with Crippen molar-refractivity contribution in [3.63, 3.8) is 0 Å². The molecule has 9 heteroatoms. The molecular formula is C16H21N3O4S2. The molecule has 0 spiro atoms. The van der Waals surface area contributed by atoms with Crippen LogP contribution in [0.5, 0.6) is 0 Å². The fraction of sp³-hybridized carbons (Fsp3) is 0.375. The quantitative estimate of drug-likeness (QED) is 0.394. The van der Waals surface area contributed by atoms with Gasteiger partial charge in [0.15, 0.2) is 0 Å². The number of pyridine rings is 1. The van der Waals surface area contributed by atoms with E-state index < -0.39 is 22.5 Å². The predicted octanol–water partition coefficient (Wildman–Crippen LogP) is 2.50. The van der Waals surface area contributed by atoms with Crippen LogP contribution in [0, 0.1) is 0 Å². The van der Waals surface area contributed by atoms with Crippen LogP contribution in [-0.4, -0.2) is 41.9 Å². The van der Waals surface area contributed by atoms with Crippen molar-refractivity contribution in [3.8, 4) is 10.6 Å². The molecule has 2 N–H and O–H groups in total. The summed E-state index contributed by atoms with van der Waals surface area (Å²) in [5, 5.41) is 8.72. The largest absolute Gasteiger partial charge is 0.289 e. The number of hydrogen-bond donors (Lipinski definition) is 2. The number of rotatable bonds is 9. The lowest BCUT2D eigenvalue weighted by atomic mass is 10.2. The number of carbonyl (C=O) groups excluding carboxylic acids is 1. The van der Waals surface area contributed by atoms with Crippen molar-refractivity contribution in [2.24, 2.45) is 0 Å². The van der Waals surface area contributed by atoms with Crippen LogP contribution in [0.3, 0.4) is 0 Å². The molecule has 0 unspecified atom stereocenters. The molecule has 0 atom stereocenters. The second kappa shape index (κ2) is 9.04. The van der Waals surface area contributed by atoms with Crippen LogP contribution in [0.2, 0.25) is 0 Å². The smallest absolute Gasteiger partial charge is 0.258 e. The summed E-state index contributed by atoms with van der Waals surface area (Å²) < 4.78 is 27.0. The number of unbranched alkanes of at least 4 members (excludes halogenated alkanes) is 2. The minimum atomic E-state index is -3.82. The summed E-state index contributed by atoms with van der Waals surface area (Å²) >= 11 is 1.11. The van der Waals surface area contributed by atoms with Gasteiger partial charge >= 0.3 is 0 Å². The molecule has 0 fully saturated rings. The highest BCUT2D eigenvalue weighted by Crippen LogP contribution is 2.31. The lowest BCUT2D eigenvalue weighted by Crippen LogP contribution is -2.40. The number of nitrogens with zero attached hydrogens (tertiary/aromatic N) is 2. The van der Waals surface area contributed by atoms with E-state index in [4.69, 9.17) is 5.21 Å². The van der Waals surface area contributed by atoms with E-state index in [2.05, 4.69) is 4.98 Å². The second-order valence-electron chi connectivity index (χ2n) is 5.41. The average molecular weight is 383 g/mol. The second-order valence-corrected chi connectivity index (χ2v) is 8.66. The zero-order valence-corrected chi connectivity index (χ0v) is 15.5. The van der Waals surface area contributed by atoms with Gasteiger partial charge in [0, 0.05) is 12.7 Å². The molecule has 1 amide bonds. The molecule has 0 saturated heterocycles. The first-order valence-corrected chi connectivity index (χ1v) is 10.2. The number of amides is 1. The Hall–Kier alpha value is -1.81. The van der Waals surface area contributed by atoms with Crippen LogP contribution < -0.4 is 5.48 Å². The van der Waals surface area contributed by atoms with Crippen LogP contribution in [0.15, 0.2) is 40.7 Å². The maximum Gasteiger partial charge on any atom is 0.258 e. The highest BCUT2D eigenvalue weighted by atomic mass is 32.2. The Morgan fingerprint density at radius 1 is 1.28 bits per heavy atom. The SMILES string of the molecule is CCCCCN(CC(=O)NO)S(=O)(=O)c1ccc(-c2ccccn2)s1. The van der Waals surface area contributed by atoms with Gasteiger partial charge in [0.25, 0.3) is 15.9 Å². The van der Waals surface area contributed by atoms with E-state index in [1.807, 2.05) is 13.0 Å². The molecule has 0 aliphatic carbocycles. The molecule has 2 rings (SSSR count). The standard InChI is InChI=1S/C16H21N3O4S2/c1-2-3-6-11-19(12-15(20)18-21)25(22,23)16-9-8-14(24-16)13-7-4-5-10-17-13/h4-5,7-10,21H,2-3,6,11-12H2,1H3,(H,18,20). The molecular weight excluding hydrogens is 362 g/mol. The Morgan fingerprint density at radius 2 is 2.08 bits per heavy atom. The van der Waals surface area contributed by atoms with Crippen LogP contribution in [0.4, 0.5) is 0 Å². The van der Waals surface area contributed by atoms with E-state index in [0.717, 1.165) is 33.4 Å². The summed E-state index contributed by atoms with van der Waals surface area (Å²) in [7, 11) is -3.82. The first-order valence-electron chi connectivity index (χ1n) is 7.93. The van der Waals surface area contributed by atoms with E-state index in [1.165, 1.54) is 11.5 Å². The van der Waals surface area contributed by atoms with E-state index >= 15 is 0 Å². The normalized spacial score (nSPS) is 11.6. The first-order chi connectivity index (χ1) is 12.0. The Balaban J connectivity index is 2.26. The maximum absolute atomic E-state index is 12.9. The van der Waals surface area contributed by atoms with Crippen LogP contribution in [-0.2, 0) is 14.8 Å². The molecule has 2 aromatic rings. The van der Waals surface area contributed by atoms with E-state index in [0.29, 0.717) is 12.1 Å². The van der Waals surface area contributed by atoms with Crippen molar-refractivity contribution in [2.45, 2.75) is 30.4 Å². The molecule has 25 heavy (non-hydrogen) atoms. The number of hydrogen-bond acceptors (Lipinski definition) is 6. The molecule has 0 aromatic carbocycles. The summed E-state index contributed by atoms with van der Waals surface area (Å²) in [4.78, 5) is 16.4. The van der Waals surface area contributed by atoms with Gasteiger partial charge in [-0.15, -0.1) is 11.3 Å². The number of nitrogens with one attached hydrogen (secondary N) is 1. The van der Waals surface area contributed by atoms with Gasteiger partial charge in [-0.25, -0.2) is 13.9 Å².